The summed E-state index contributed by atoms with van der Waals surface area (Å²) < 4.78 is 0. The summed E-state index contributed by atoms with van der Waals surface area (Å²) in [5, 5.41) is 5.61. The van der Waals surface area contributed by atoms with Gasteiger partial charge in [0.15, 0.2) is 0 Å². The van der Waals surface area contributed by atoms with E-state index in [4.69, 9.17) is 0 Å². The molecule has 2 aromatic carbocycles. The molecule has 1 aliphatic heterocycles. The summed E-state index contributed by atoms with van der Waals surface area (Å²) >= 11 is 1.36. The molecule has 2 aromatic rings. The van der Waals surface area contributed by atoms with E-state index in [9.17, 15) is 9.59 Å². The molecule has 2 amide bonds. The minimum atomic E-state index is -0.267. The third-order valence-electron chi connectivity index (χ3n) is 5.64. The molecule has 0 spiro atoms. The van der Waals surface area contributed by atoms with Crippen molar-refractivity contribution in [2.45, 2.75) is 26.0 Å². The Morgan fingerprint density at radius 3 is 2.41 bits per heavy atom. The fourth-order valence-corrected chi connectivity index (χ4v) is 4.35. The van der Waals surface area contributed by atoms with Crippen molar-refractivity contribution < 1.29 is 9.59 Å². The van der Waals surface area contributed by atoms with Gasteiger partial charge in [-0.15, -0.1) is 11.8 Å². The molecule has 32 heavy (non-hydrogen) atoms. The molecule has 172 valence electrons. The van der Waals surface area contributed by atoms with Crippen LogP contribution in [0, 0.1) is 13.8 Å². The predicted molar refractivity (Wildman–Crippen MR) is 135 cm³/mol. The Bertz CT molecular complexity index is 895. The Labute approximate surface area is 195 Å². The number of hydrogen-bond acceptors (Lipinski definition) is 5. The molecule has 7 heteroatoms. The molecule has 1 unspecified atom stereocenters. The van der Waals surface area contributed by atoms with E-state index < -0.39 is 0 Å². The number of nitrogens with zero attached hydrogens (tertiary/aromatic N) is 2. The Kier molecular flexibility index (Phi) is 9.00. The number of benzene rings is 2. The zero-order chi connectivity index (χ0) is 22.9. The van der Waals surface area contributed by atoms with E-state index in [1.807, 2.05) is 38.1 Å². The lowest BCUT2D eigenvalue weighted by atomic mass is 10.2. The summed E-state index contributed by atoms with van der Waals surface area (Å²) in [7, 11) is 0. The van der Waals surface area contributed by atoms with Crippen molar-refractivity contribution in [3.63, 3.8) is 0 Å². The summed E-state index contributed by atoms with van der Waals surface area (Å²) in [5.74, 6) is 0.144. The summed E-state index contributed by atoms with van der Waals surface area (Å²) in [6.45, 7) is 11.4. The average Bonchev–Trinajstić information content (AvgIpc) is 2.79. The molecule has 1 fully saturated rings. The first-order valence-electron chi connectivity index (χ1n) is 11.2. The number of carbonyl (C=O) groups is 2. The van der Waals surface area contributed by atoms with Crippen LogP contribution in [0.2, 0.25) is 0 Å². The van der Waals surface area contributed by atoms with Crippen molar-refractivity contribution in [1.29, 1.82) is 0 Å². The number of thioether (sulfide) groups is 1. The quantitative estimate of drug-likeness (QED) is 0.609. The van der Waals surface area contributed by atoms with Gasteiger partial charge in [0.05, 0.1) is 11.0 Å². The second-order valence-corrected chi connectivity index (χ2v) is 9.66. The van der Waals surface area contributed by atoms with E-state index >= 15 is 0 Å². The average molecular weight is 455 g/mol. The van der Waals surface area contributed by atoms with Crippen molar-refractivity contribution >= 4 is 35.0 Å². The maximum Gasteiger partial charge on any atom is 0.234 e. The van der Waals surface area contributed by atoms with Crippen LogP contribution < -0.4 is 15.5 Å². The lowest BCUT2D eigenvalue weighted by Gasteiger charge is -2.36. The largest absolute Gasteiger partial charge is 0.369 e. The molecule has 0 bridgehead atoms. The minimum absolute atomic E-state index is 0.0171. The molecule has 0 saturated carbocycles. The predicted octanol–water partition coefficient (Wildman–Crippen LogP) is 3.30. The second kappa shape index (κ2) is 11.9. The normalized spacial score (nSPS) is 15.3. The van der Waals surface area contributed by atoms with Crippen LogP contribution in [0.15, 0.2) is 48.5 Å². The summed E-state index contributed by atoms with van der Waals surface area (Å²) in [5.41, 5.74) is 4.50. The summed E-state index contributed by atoms with van der Waals surface area (Å²) in [6.07, 6.45) is 0. The van der Waals surface area contributed by atoms with Crippen LogP contribution in [0.1, 0.15) is 18.1 Å². The first-order valence-corrected chi connectivity index (χ1v) is 12.3. The fraction of sp³-hybridized carbons (Fsp3) is 0.440. The van der Waals surface area contributed by atoms with Gasteiger partial charge in [0, 0.05) is 50.6 Å². The SMILES string of the molecule is Cc1ccc(NC(=O)CSC(C)C(=O)NCCN2CCN(c3cccc(C)c3)CC2)cc1. The minimum Gasteiger partial charge on any atom is -0.369 e. The Morgan fingerprint density at radius 2 is 1.72 bits per heavy atom. The molecule has 2 N–H and O–H groups in total. The Hall–Kier alpha value is -2.51. The fourth-order valence-electron chi connectivity index (χ4n) is 3.65. The number of hydrogen-bond donors (Lipinski definition) is 2. The van der Waals surface area contributed by atoms with Crippen LogP contribution in [0.5, 0.6) is 0 Å². The monoisotopic (exact) mass is 454 g/mol. The maximum absolute atomic E-state index is 12.4. The van der Waals surface area contributed by atoms with Crippen LogP contribution in [-0.2, 0) is 9.59 Å². The van der Waals surface area contributed by atoms with E-state index in [1.165, 1.54) is 23.0 Å². The highest BCUT2D eigenvalue weighted by Gasteiger charge is 2.18. The molecule has 6 nitrogen and oxygen atoms in total. The van der Waals surface area contributed by atoms with E-state index in [0.29, 0.717) is 6.54 Å². The summed E-state index contributed by atoms with van der Waals surface area (Å²) in [6, 6.07) is 16.3. The lowest BCUT2D eigenvalue weighted by molar-refractivity contribution is -0.120. The second-order valence-electron chi connectivity index (χ2n) is 8.33. The van der Waals surface area contributed by atoms with E-state index in [2.05, 4.69) is 51.6 Å². The number of nitrogens with one attached hydrogen (secondary N) is 2. The van der Waals surface area contributed by atoms with Crippen molar-refractivity contribution in [2.75, 3.05) is 55.2 Å². The number of piperazine rings is 1. The highest BCUT2D eigenvalue weighted by molar-refractivity contribution is 8.01. The third-order valence-corrected chi connectivity index (χ3v) is 6.78. The Balaban J connectivity index is 1.30. The highest BCUT2D eigenvalue weighted by atomic mass is 32.2. The third kappa shape index (κ3) is 7.57. The van der Waals surface area contributed by atoms with Gasteiger partial charge in [-0.2, -0.15) is 0 Å². The number of aryl methyl sites for hydroxylation is 2. The van der Waals surface area contributed by atoms with Gasteiger partial charge in [0.2, 0.25) is 11.8 Å². The van der Waals surface area contributed by atoms with Gasteiger partial charge in [-0.05, 0) is 50.6 Å². The lowest BCUT2D eigenvalue weighted by Crippen LogP contribution is -2.48. The number of anilines is 2. The zero-order valence-electron chi connectivity index (χ0n) is 19.3. The molecular weight excluding hydrogens is 420 g/mol. The van der Waals surface area contributed by atoms with Crippen LogP contribution in [0.3, 0.4) is 0 Å². The Morgan fingerprint density at radius 1 is 1.00 bits per heavy atom. The van der Waals surface area contributed by atoms with Gasteiger partial charge in [0.25, 0.3) is 0 Å². The molecule has 1 atom stereocenters. The van der Waals surface area contributed by atoms with Gasteiger partial charge >= 0.3 is 0 Å². The van der Waals surface area contributed by atoms with Crippen LogP contribution in [0.25, 0.3) is 0 Å². The van der Waals surface area contributed by atoms with Crippen molar-refractivity contribution in [3.8, 4) is 0 Å². The smallest absolute Gasteiger partial charge is 0.234 e. The van der Waals surface area contributed by atoms with Gasteiger partial charge in [0.1, 0.15) is 0 Å². The molecule has 1 heterocycles. The molecule has 1 aliphatic rings. The van der Waals surface area contributed by atoms with E-state index in [-0.39, 0.29) is 22.8 Å². The van der Waals surface area contributed by atoms with Gasteiger partial charge in [-0.1, -0.05) is 29.8 Å². The van der Waals surface area contributed by atoms with Crippen molar-refractivity contribution in [3.05, 3.63) is 59.7 Å². The molecule has 0 aromatic heterocycles. The molecular formula is C25H34N4O2S. The molecule has 0 radical (unpaired) electrons. The highest BCUT2D eigenvalue weighted by Crippen LogP contribution is 2.18. The van der Waals surface area contributed by atoms with Crippen molar-refractivity contribution in [2.24, 2.45) is 0 Å². The maximum atomic E-state index is 12.4. The molecule has 0 aliphatic carbocycles. The van der Waals surface area contributed by atoms with E-state index in [0.717, 1.165) is 44.0 Å². The van der Waals surface area contributed by atoms with Gasteiger partial charge in [-0.25, -0.2) is 0 Å². The number of amides is 2. The number of rotatable bonds is 9. The van der Waals surface area contributed by atoms with Crippen LogP contribution in [0.4, 0.5) is 11.4 Å². The van der Waals surface area contributed by atoms with Crippen molar-refractivity contribution in [1.82, 2.24) is 10.2 Å². The summed E-state index contributed by atoms with van der Waals surface area (Å²) in [4.78, 5) is 29.3. The zero-order valence-corrected chi connectivity index (χ0v) is 20.1. The van der Waals surface area contributed by atoms with Gasteiger partial charge < -0.3 is 15.5 Å². The van der Waals surface area contributed by atoms with Gasteiger partial charge in [-0.3, -0.25) is 14.5 Å². The topological polar surface area (TPSA) is 64.7 Å². The molecule has 1 saturated heterocycles. The standard InChI is InChI=1S/C25H34N4O2S/c1-19-7-9-22(10-8-19)27-24(30)18-32-21(3)25(31)26-11-12-28-13-15-29(16-14-28)23-6-4-5-20(2)17-23/h4-10,17,21H,11-16,18H2,1-3H3,(H,26,31)(H,27,30). The first-order chi connectivity index (χ1) is 15.4. The first kappa shape index (κ1) is 24.1. The molecule has 3 rings (SSSR count). The number of carbonyl (C=O) groups excluding carboxylic acids is 2. The van der Waals surface area contributed by atoms with Crippen LogP contribution in [-0.4, -0.2) is 67.0 Å². The van der Waals surface area contributed by atoms with Crippen LogP contribution >= 0.6 is 11.8 Å². The van der Waals surface area contributed by atoms with E-state index in [1.54, 1.807) is 0 Å².